The molecule has 12 heteroatoms. The maximum absolute atomic E-state index is 13.1. The molecule has 0 radical (unpaired) electrons. The number of ether oxygens (including phenoxy) is 1. The van der Waals surface area contributed by atoms with Crippen molar-refractivity contribution in [3.05, 3.63) is 77.3 Å². The van der Waals surface area contributed by atoms with Crippen LogP contribution in [0.4, 0.5) is 11.4 Å². The van der Waals surface area contributed by atoms with Crippen LogP contribution >= 0.6 is 11.6 Å². The van der Waals surface area contributed by atoms with Crippen LogP contribution in [0.25, 0.3) is 0 Å². The maximum Gasteiger partial charge on any atom is 0.261 e. The molecule has 1 aliphatic rings. The zero-order valence-electron chi connectivity index (χ0n) is 20.0. The molecule has 0 aliphatic carbocycles. The first-order valence-corrected chi connectivity index (χ1v) is 14.8. The standard InChI is InChI=1S/C25H26ClN3O6S2/c1-35-24-14-13-22(37(33,34)29-15-3-2-4-16-29)17-23(24)25(30)27-19-9-11-21(12-10-19)36(31,32)28-20-7-5-18(26)6-8-20/h5-14,17,28H,2-4,15-16H2,1H3,(H,27,30). The van der Waals surface area contributed by atoms with Crippen molar-refractivity contribution in [2.75, 3.05) is 30.2 Å². The first kappa shape index (κ1) is 26.9. The molecule has 0 atom stereocenters. The predicted octanol–water partition coefficient (Wildman–Crippen LogP) is 4.58. The zero-order valence-corrected chi connectivity index (χ0v) is 22.4. The Bertz CT molecular complexity index is 1490. The van der Waals surface area contributed by atoms with E-state index in [1.165, 1.54) is 53.9 Å². The van der Waals surface area contributed by atoms with Crippen LogP contribution in [-0.4, -0.2) is 47.2 Å². The Morgan fingerprint density at radius 2 is 1.43 bits per heavy atom. The third-order valence-electron chi connectivity index (χ3n) is 5.89. The molecule has 1 saturated heterocycles. The van der Waals surface area contributed by atoms with Crippen molar-refractivity contribution < 1.29 is 26.4 Å². The first-order valence-electron chi connectivity index (χ1n) is 11.5. The Morgan fingerprint density at radius 1 is 0.838 bits per heavy atom. The number of sulfonamides is 2. The van der Waals surface area contributed by atoms with Crippen LogP contribution in [0.2, 0.25) is 5.02 Å². The van der Waals surface area contributed by atoms with Crippen LogP contribution in [0.1, 0.15) is 29.6 Å². The Hall–Kier alpha value is -3.12. The SMILES string of the molecule is COc1ccc(S(=O)(=O)N2CCCCC2)cc1C(=O)Nc1ccc(S(=O)(=O)Nc2ccc(Cl)cc2)cc1. The molecule has 4 rings (SSSR count). The molecule has 37 heavy (non-hydrogen) atoms. The molecule has 1 aliphatic heterocycles. The monoisotopic (exact) mass is 563 g/mol. The maximum atomic E-state index is 13.1. The lowest BCUT2D eigenvalue weighted by atomic mass is 10.2. The van der Waals surface area contributed by atoms with Crippen molar-refractivity contribution in [2.24, 2.45) is 0 Å². The van der Waals surface area contributed by atoms with E-state index in [9.17, 15) is 21.6 Å². The van der Waals surface area contributed by atoms with Crippen molar-refractivity contribution in [3.63, 3.8) is 0 Å². The number of carbonyl (C=O) groups is 1. The molecule has 3 aromatic rings. The van der Waals surface area contributed by atoms with Gasteiger partial charge in [0.2, 0.25) is 10.0 Å². The quantitative estimate of drug-likeness (QED) is 0.414. The molecule has 0 unspecified atom stereocenters. The first-order chi connectivity index (χ1) is 17.6. The van der Waals surface area contributed by atoms with E-state index in [-0.39, 0.29) is 21.1 Å². The van der Waals surface area contributed by atoms with Crippen molar-refractivity contribution in [2.45, 2.75) is 29.1 Å². The lowest BCUT2D eigenvalue weighted by molar-refractivity contribution is 0.102. The van der Waals surface area contributed by atoms with Crippen LogP contribution in [0, 0.1) is 0 Å². The zero-order chi connectivity index (χ0) is 26.6. The average Bonchev–Trinajstić information content (AvgIpc) is 2.90. The fourth-order valence-corrected chi connectivity index (χ4v) is 6.66. The summed E-state index contributed by atoms with van der Waals surface area (Å²) in [6, 6.07) is 16.0. The van der Waals surface area contributed by atoms with Gasteiger partial charge in [-0.1, -0.05) is 18.0 Å². The van der Waals surface area contributed by atoms with Gasteiger partial charge in [0.25, 0.3) is 15.9 Å². The van der Waals surface area contributed by atoms with E-state index in [4.69, 9.17) is 16.3 Å². The molecule has 9 nitrogen and oxygen atoms in total. The molecule has 196 valence electrons. The van der Waals surface area contributed by atoms with Gasteiger partial charge >= 0.3 is 0 Å². The fraction of sp³-hybridized carbons (Fsp3) is 0.240. The number of methoxy groups -OCH3 is 1. The highest BCUT2D eigenvalue weighted by Gasteiger charge is 2.27. The second kappa shape index (κ2) is 11.1. The number of carbonyl (C=O) groups excluding carboxylic acids is 1. The number of halogens is 1. The van der Waals surface area contributed by atoms with E-state index >= 15 is 0 Å². The molecule has 0 spiro atoms. The highest BCUT2D eigenvalue weighted by molar-refractivity contribution is 7.92. The van der Waals surface area contributed by atoms with Gasteiger partial charge < -0.3 is 10.1 Å². The highest BCUT2D eigenvalue weighted by atomic mass is 35.5. The number of nitrogens with one attached hydrogen (secondary N) is 2. The molecular weight excluding hydrogens is 538 g/mol. The molecule has 3 aromatic carbocycles. The Morgan fingerprint density at radius 3 is 2.05 bits per heavy atom. The summed E-state index contributed by atoms with van der Waals surface area (Å²) in [5.74, 6) is -0.385. The third-order valence-corrected chi connectivity index (χ3v) is 9.43. The summed E-state index contributed by atoms with van der Waals surface area (Å²) in [4.78, 5) is 13.1. The predicted molar refractivity (Wildman–Crippen MR) is 142 cm³/mol. The number of benzene rings is 3. The van der Waals surface area contributed by atoms with E-state index in [0.717, 1.165) is 19.3 Å². The summed E-state index contributed by atoms with van der Waals surface area (Å²) in [6.07, 6.45) is 2.58. The summed E-state index contributed by atoms with van der Waals surface area (Å²) >= 11 is 5.84. The van der Waals surface area contributed by atoms with Gasteiger partial charge in [-0.15, -0.1) is 0 Å². The fourth-order valence-electron chi connectivity index (χ4n) is 3.93. The highest BCUT2D eigenvalue weighted by Crippen LogP contribution is 2.27. The number of piperidine rings is 1. The van der Waals surface area contributed by atoms with Gasteiger partial charge in [0.15, 0.2) is 0 Å². The van der Waals surface area contributed by atoms with E-state index in [1.807, 2.05) is 0 Å². The van der Waals surface area contributed by atoms with Crippen LogP contribution in [0.15, 0.2) is 76.5 Å². The molecule has 2 N–H and O–H groups in total. The van der Waals surface area contributed by atoms with Crippen LogP contribution in [0.3, 0.4) is 0 Å². The van der Waals surface area contributed by atoms with Gasteiger partial charge in [0, 0.05) is 29.5 Å². The topological polar surface area (TPSA) is 122 Å². The van der Waals surface area contributed by atoms with Crippen LogP contribution < -0.4 is 14.8 Å². The van der Waals surface area contributed by atoms with Crippen LogP contribution in [0.5, 0.6) is 5.75 Å². The summed E-state index contributed by atoms with van der Waals surface area (Å²) in [5.41, 5.74) is 0.719. The molecule has 1 heterocycles. The van der Waals surface area contributed by atoms with Gasteiger partial charge in [0.05, 0.1) is 22.5 Å². The average molecular weight is 564 g/mol. The van der Waals surface area contributed by atoms with Gasteiger partial charge in [-0.05, 0) is 79.6 Å². The molecule has 0 bridgehead atoms. The summed E-state index contributed by atoms with van der Waals surface area (Å²) in [7, 11) is -6.23. The minimum absolute atomic E-state index is 0.00680. The van der Waals surface area contributed by atoms with Gasteiger partial charge in [0.1, 0.15) is 5.75 Å². The number of anilines is 2. The van der Waals surface area contributed by atoms with Crippen molar-refractivity contribution in [1.82, 2.24) is 4.31 Å². The molecule has 1 fully saturated rings. The molecular formula is C25H26ClN3O6S2. The number of amides is 1. The van der Waals surface area contributed by atoms with Crippen LogP contribution in [-0.2, 0) is 20.0 Å². The molecule has 0 aromatic heterocycles. The lowest BCUT2D eigenvalue weighted by Crippen LogP contribution is -2.35. The largest absolute Gasteiger partial charge is 0.496 e. The normalized spacial score (nSPS) is 14.6. The second-order valence-corrected chi connectivity index (χ2v) is 12.5. The van der Waals surface area contributed by atoms with Crippen molar-refractivity contribution >= 4 is 48.9 Å². The Balaban J connectivity index is 1.52. The summed E-state index contributed by atoms with van der Waals surface area (Å²) in [6.45, 7) is 0.885. The minimum atomic E-state index is -3.86. The van der Waals surface area contributed by atoms with E-state index in [0.29, 0.717) is 29.5 Å². The molecule has 1 amide bonds. The van der Waals surface area contributed by atoms with Gasteiger partial charge in [-0.25, -0.2) is 16.8 Å². The minimum Gasteiger partial charge on any atom is -0.496 e. The number of hydrogen-bond acceptors (Lipinski definition) is 6. The number of nitrogens with zero attached hydrogens (tertiary/aromatic N) is 1. The van der Waals surface area contributed by atoms with Gasteiger partial charge in [-0.2, -0.15) is 4.31 Å². The smallest absolute Gasteiger partial charge is 0.261 e. The van der Waals surface area contributed by atoms with E-state index < -0.39 is 26.0 Å². The third kappa shape index (κ3) is 6.24. The lowest BCUT2D eigenvalue weighted by Gasteiger charge is -2.26. The number of hydrogen-bond donors (Lipinski definition) is 2. The van der Waals surface area contributed by atoms with E-state index in [1.54, 1.807) is 24.3 Å². The summed E-state index contributed by atoms with van der Waals surface area (Å²) < 4.78 is 60.7. The number of rotatable bonds is 8. The molecule has 0 saturated carbocycles. The van der Waals surface area contributed by atoms with E-state index in [2.05, 4.69) is 10.0 Å². The Kier molecular flexibility index (Phi) is 8.08. The second-order valence-electron chi connectivity index (χ2n) is 8.42. The Labute approximate surface area is 221 Å². The van der Waals surface area contributed by atoms with Crippen molar-refractivity contribution in [3.8, 4) is 5.75 Å². The van der Waals surface area contributed by atoms with Crippen molar-refractivity contribution in [1.29, 1.82) is 0 Å². The van der Waals surface area contributed by atoms with Gasteiger partial charge in [-0.3, -0.25) is 9.52 Å². The summed E-state index contributed by atoms with van der Waals surface area (Å²) in [5, 5.41) is 3.15.